The maximum absolute atomic E-state index is 11.5. The molecule has 18 heavy (non-hydrogen) atoms. The second-order valence-electron chi connectivity index (χ2n) is 6.05. The van der Waals surface area contributed by atoms with E-state index in [1.807, 2.05) is 13.8 Å². The highest BCUT2D eigenvalue weighted by molar-refractivity contribution is 5.78. The van der Waals surface area contributed by atoms with Gasteiger partial charge in [0.15, 0.2) is 0 Å². The van der Waals surface area contributed by atoms with Crippen molar-refractivity contribution < 1.29 is 9.90 Å². The Morgan fingerprint density at radius 1 is 1.44 bits per heavy atom. The van der Waals surface area contributed by atoms with E-state index in [4.69, 9.17) is 0 Å². The Balaban J connectivity index is 2.67. The zero-order chi connectivity index (χ0) is 13.9. The Morgan fingerprint density at radius 3 is 2.33 bits per heavy atom. The molecular weight excluding hydrogens is 228 g/mol. The van der Waals surface area contributed by atoms with Gasteiger partial charge in [-0.05, 0) is 53.5 Å². The van der Waals surface area contributed by atoms with E-state index in [1.54, 1.807) is 6.92 Å². The van der Waals surface area contributed by atoms with Crippen LogP contribution < -0.4 is 5.32 Å². The molecule has 4 nitrogen and oxygen atoms in total. The summed E-state index contributed by atoms with van der Waals surface area (Å²) in [5.74, 6) is -0.755. The molecule has 4 heteroatoms. The second kappa shape index (κ2) is 6.02. The number of nitrogens with zero attached hydrogens (tertiary/aromatic N) is 1. The lowest BCUT2D eigenvalue weighted by Gasteiger charge is -2.36. The van der Waals surface area contributed by atoms with Gasteiger partial charge in [0.2, 0.25) is 0 Å². The molecule has 0 radical (unpaired) electrons. The molecular formula is C14H28N2O2. The molecule has 0 aliphatic heterocycles. The average molecular weight is 256 g/mol. The van der Waals surface area contributed by atoms with E-state index in [9.17, 15) is 9.90 Å². The van der Waals surface area contributed by atoms with Crippen molar-refractivity contribution in [1.82, 2.24) is 10.2 Å². The fourth-order valence-electron chi connectivity index (χ4n) is 2.89. The number of hydrogen-bond donors (Lipinski definition) is 2. The first-order valence-electron chi connectivity index (χ1n) is 7.07. The van der Waals surface area contributed by atoms with Crippen LogP contribution in [0, 0.1) is 0 Å². The summed E-state index contributed by atoms with van der Waals surface area (Å²) in [5.41, 5.74) is -0.837. The predicted octanol–water partition coefficient (Wildman–Crippen LogP) is 2.09. The van der Waals surface area contributed by atoms with Crippen molar-refractivity contribution >= 4 is 5.97 Å². The maximum Gasteiger partial charge on any atom is 0.323 e. The monoisotopic (exact) mass is 256 g/mol. The van der Waals surface area contributed by atoms with Gasteiger partial charge < -0.3 is 5.11 Å². The fraction of sp³-hybridized carbons (Fsp3) is 0.929. The lowest BCUT2D eigenvalue weighted by molar-refractivity contribution is -0.145. The Morgan fingerprint density at radius 2 is 2.00 bits per heavy atom. The molecule has 1 fully saturated rings. The van der Waals surface area contributed by atoms with Crippen LogP contribution in [0.1, 0.15) is 53.9 Å². The summed E-state index contributed by atoms with van der Waals surface area (Å²) in [4.78, 5) is 13.9. The SMILES string of the molecule is CCN(C(C)CC(C)(NC(C)C)C(=O)O)C1CC1. The molecule has 2 N–H and O–H groups in total. The Bertz CT molecular complexity index is 290. The topological polar surface area (TPSA) is 52.6 Å². The van der Waals surface area contributed by atoms with Crippen LogP contribution in [0.4, 0.5) is 0 Å². The minimum atomic E-state index is -0.837. The molecule has 0 aromatic carbocycles. The number of carboxylic acids is 1. The number of nitrogens with one attached hydrogen (secondary N) is 1. The number of hydrogen-bond acceptors (Lipinski definition) is 3. The quantitative estimate of drug-likeness (QED) is 0.698. The molecule has 1 rings (SSSR count). The van der Waals surface area contributed by atoms with Crippen LogP contribution in [0.3, 0.4) is 0 Å². The van der Waals surface area contributed by atoms with E-state index in [1.165, 1.54) is 12.8 Å². The lowest BCUT2D eigenvalue weighted by Crippen LogP contribution is -2.55. The van der Waals surface area contributed by atoms with E-state index in [-0.39, 0.29) is 6.04 Å². The van der Waals surface area contributed by atoms with Crippen molar-refractivity contribution in [3.05, 3.63) is 0 Å². The molecule has 1 aliphatic rings. The molecule has 0 bridgehead atoms. The van der Waals surface area contributed by atoms with Gasteiger partial charge in [-0.15, -0.1) is 0 Å². The molecule has 0 spiro atoms. The van der Waals surface area contributed by atoms with Gasteiger partial charge in [-0.25, -0.2) is 0 Å². The van der Waals surface area contributed by atoms with Crippen molar-refractivity contribution in [2.75, 3.05) is 6.54 Å². The molecule has 0 heterocycles. The van der Waals surface area contributed by atoms with Crippen LogP contribution in [0.2, 0.25) is 0 Å². The van der Waals surface area contributed by atoms with Crippen LogP contribution in [-0.2, 0) is 4.79 Å². The van der Waals surface area contributed by atoms with E-state index in [0.717, 1.165) is 6.54 Å². The zero-order valence-electron chi connectivity index (χ0n) is 12.4. The minimum Gasteiger partial charge on any atom is -0.480 e. The highest BCUT2D eigenvalue weighted by atomic mass is 16.4. The normalized spacial score (nSPS) is 21.1. The molecule has 0 aromatic heterocycles. The van der Waals surface area contributed by atoms with Crippen LogP contribution in [0.15, 0.2) is 0 Å². The first-order valence-corrected chi connectivity index (χ1v) is 7.07. The summed E-state index contributed by atoms with van der Waals surface area (Å²) in [5, 5.41) is 12.7. The molecule has 0 amide bonds. The van der Waals surface area contributed by atoms with Gasteiger partial charge >= 0.3 is 5.97 Å². The third-order valence-corrected chi connectivity index (χ3v) is 3.73. The largest absolute Gasteiger partial charge is 0.480 e. The van der Waals surface area contributed by atoms with Crippen LogP contribution in [0.5, 0.6) is 0 Å². The summed E-state index contributed by atoms with van der Waals surface area (Å²) in [7, 11) is 0. The summed E-state index contributed by atoms with van der Waals surface area (Å²) < 4.78 is 0. The van der Waals surface area contributed by atoms with Gasteiger partial charge in [-0.3, -0.25) is 15.0 Å². The van der Waals surface area contributed by atoms with Crippen molar-refractivity contribution in [2.24, 2.45) is 0 Å². The summed E-state index contributed by atoms with van der Waals surface area (Å²) in [6.45, 7) is 11.1. The third-order valence-electron chi connectivity index (χ3n) is 3.73. The summed E-state index contributed by atoms with van der Waals surface area (Å²) >= 11 is 0. The zero-order valence-corrected chi connectivity index (χ0v) is 12.4. The molecule has 106 valence electrons. The van der Waals surface area contributed by atoms with Crippen molar-refractivity contribution in [3.63, 3.8) is 0 Å². The first-order chi connectivity index (χ1) is 8.30. The van der Waals surface area contributed by atoms with E-state index in [2.05, 4.69) is 24.1 Å². The second-order valence-corrected chi connectivity index (χ2v) is 6.05. The molecule has 1 saturated carbocycles. The average Bonchev–Trinajstić information content (AvgIpc) is 3.01. The molecule has 0 saturated heterocycles. The number of carboxylic acid groups (broad SMARTS) is 1. The van der Waals surface area contributed by atoms with Gasteiger partial charge in [0.05, 0.1) is 0 Å². The van der Waals surface area contributed by atoms with Crippen LogP contribution in [0.25, 0.3) is 0 Å². The molecule has 1 aliphatic carbocycles. The number of carbonyl (C=O) groups is 1. The maximum atomic E-state index is 11.5. The van der Waals surface area contributed by atoms with Gasteiger partial charge in [0.25, 0.3) is 0 Å². The Labute approximate surface area is 111 Å². The Kier molecular flexibility index (Phi) is 5.17. The molecule has 0 aromatic rings. The highest BCUT2D eigenvalue weighted by Gasteiger charge is 2.39. The molecule has 2 unspecified atom stereocenters. The van der Waals surface area contributed by atoms with Crippen molar-refractivity contribution in [2.45, 2.75) is 77.5 Å². The minimum absolute atomic E-state index is 0.175. The van der Waals surface area contributed by atoms with E-state index < -0.39 is 11.5 Å². The predicted molar refractivity (Wildman–Crippen MR) is 73.8 cm³/mol. The highest BCUT2D eigenvalue weighted by Crippen LogP contribution is 2.30. The Hall–Kier alpha value is -0.610. The first kappa shape index (κ1) is 15.4. The van der Waals surface area contributed by atoms with Gasteiger partial charge in [0, 0.05) is 18.1 Å². The van der Waals surface area contributed by atoms with Crippen LogP contribution >= 0.6 is 0 Å². The van der Waals surface area contributed by atoms with Crippen molar-refractivity contribution in [3.8, 4) is 0 Å². The van der Waals surface area contributed by atoms with Gasteiger partial charge in [0.1, 0.15) is 5.54 Å². The van der Waals surface area contributed by atoms with Gasteiger partial charge in [-0.1, -0.05) is 6.92 Å². The smallest absolute Gasteiger partial charge is 0.323 e. The summed E-state index contributed by atoms with van der Waals surface area (Å²) in [6, 6.07) is 1.16. The lowest BCUT2D eigenvalue weighted by atomic mass is 9.92. The van der Waals surface area contributed by atoms with Crippen molar-refractivity contribution in [1.29, 1.82) is 0 Å². The van der Waals surface area contributed by atoms with E-state index in [0.29, 0.717) is 18.5 Å². The number of aliphatic carboxylic acids is 1. The number of rotatable bonds is 8. The third kappa shape index (κ3) is 3.95. The van der Waals surface area contributed by atoms with Gasteiger partial charge in [-0.2, -0.15) is 0 Å². The van der Waals surface area contributed by atoms with E-state index >= 15 is 0 Å². The fourth-order valence-corrected chi connectivity index (χ4v) is 2.89. The summed E-state index contributed by atoms with van der Waals surface area (Å²) in [6.07, 6.45) is 3.17. The van der Waals surface area contributed by atoms with Crippen LogP contribution in [-0.4, -0.2) is 46.2 Å². The standard InChI is InChI=1S/C14H28N2O2/c1-6-16(12-7-8-12)11(4)9-14(5,13(17)18)15-10(2)3/h10-12,15H,6-9H2,1-5H3,(H,17,18). The molecule has 2 atom stereocenters.